The maximum absolute atomic E-state index is 12.5. The van der Waals surface area contributed by atoms with Crippen molar-refractivity contribution in [2.45, 2.75) is 55.6 Å². The largest absolute Gasteiger partial charge is 0.454 e. The monoisotopic (exact) mass is 466 g/mol. The predicted molar refractivity (Wildman–Crippen MR) is 116 cm³/mol. The van der Waals surface area contributed by atoms with Gasteiger partial charge in [-0.1, -0.05) is 11.8 Å². The van der Waals surface area contributed by atoms with Crippen LogP contribution in [0.3, 0.4) is 0 Å². The fourth-order valence-corrected chi connectivity index (χ4v) is 6.69. The molecule has 0 spiro atoms. The van der Waals surface area contributed by atoms with Crippen LogP contribution < -0.4 is 10.6 Å². The van der Waals surface area contributed by atoms with E-state index in [1.165, 1.54) is 43.5 Å². The van der Waals surface area contributed by atoms with Crippen molar-refractivity contribution in [1.82, 2.24) is 5.32 Å². The maximum atomic E-state index is 12.5. The van der Waals surface area contributed by atoms with E-state index in [0.717, 1.165) is 37.0 Å². The molecule has 174 valence electrons. The van der Waals surface area contributed by atoms with Gasteiger partial charge in [-0.25, -0.2) is 0 Å². The second kappa shape index (κ2) is 9.77. The number of benzene rings is 1. The number of carbonyl (C=O) groups excluding carboxylic acids is 3. The summed E-state index contributed by atoms with van der Waals surface area (Å²) in [6.07, 6.45) is 7.77. The quantitative estimate of drug-likeness (QED) is 0.421. The molecule has 5 rings (SSSR count). The summed E-state index contributed by atoms with van der Waals surface area (Å²) in [7, 11) is 0. The van der Waals surface area contributed by atoms with Gasteiger partial charge in [-0.15, -0.1) is 0 Å². The number of thioether (sulfide) groups is 1. The predicted octanol–water partition coefficient (Wildman–Crippen LogP) is 4.21. The molecule has 4 bridgehead atoms. The van der Waals surface area contributed by atoms with Gasteiger partial charge in [0, 0.05) is 17.0 Å². The third-order valence-electron chi connectivity index (χ3n) is 6.86. The van der Waals surface area contributed by atoms with Crippen LogP contribution in [0.15, 0.2) is 29.2 Å². The Hall–Kier alpha value is -2.16. The van der Waals surface area contributed by atoms with E-state index in [-0.39, 0.29) is 17.9 Å². The highest BCUT2D eigenvalue weighted by Gasteiger charge is 2.51. The second-order valence-corrected chi connectivity index (χ2v) is 10.5. The summed E-state index contributed by atoms with van der Waals surface area (Å²) in [6.45, 7) is -0.755. The number of ether oxygens (including phenoxy) is 1. The van der Waals surface area contributed by atoms with Crippen LogP contribution in [-0.2, 0) is 19.1 Å². The van der Waals surface area contributed by atoms with Crippen molar-refractivity contribution in [2.24, 2.45) is 23.2 Å². The van der Waals surface area contributed by atoms with Crippen molar-refractivity contribution in [3.8, 4) is 0 Å². The normalized spacial score (nSPS) is 27.9. The molecule has 32 heavy (non-hydrogen) atoms. The third kappa shape index (κ3) is 5.99. The van der Waals surface area contributed by atoms with Crippen LogP contribution in [0.4, 0.5) is 14.5 Å². The number of esters is 1. The van der Waals surface area contributed by atoms with Gasteiger partial charge in [-0.3, -0.25) is 14.4 Å². The number of halogens is 2. The third-order valence-corrected chi connectivity index (χ3v) is 7.58. The Bertz CT molecular complexity index is 827. The first kappa shape index (κ1) is 23.0. The van der Waals surface area contributed by atoms with Gasteiger partial charge in [-0.05, 0) is 86.0 Å². The van der Waals surface area contributed by atoms with E-state index in [2.05, 4.69) is 10.6 Å². The van der Waals surface area contributed by atoms with Crippen molar-refractivity contribution in [3.63, 3.8) is 0 Å². The van der Waals surface area contributed by atoms with Crippen molar-refractivity contribution < 1.29 is 27.9 Å². The van der Waals surface area contributed by atoms with E-state index in [1.54, 1.807) is 0 Å². The number of anilines is 1. The molecular formula is C23H28F2N2O4S. The highest BCUT2D eigenvalue weighted by atomic mass is 32.2. The number of amides is 2. The van der Waals surface area contributed by atoms with Crippen molar-refractivity contribution in [3.05, 3.63) is 24.3 Å². The van der Waals surface area contributed by atoms with Gasteiger partial charge >= 0.3 is 5.97 Å². The molecule has 6 nitrogen and oxygen atoms in total. The average Bonchev–Trinajstić information content (AvgIpc) is 2.70. The zero-order valence-corrected chi connectivity index (χ0v) is 18.6. The highest BCUT2D eigenvalue weighted by molar-refractivity contribution is 7.99. The molecule has 0 atom stereocenters. The molecule has 0 aromatic heterocycles. The molecule has 0 heterocycles. The molecule has 0 unspecified atom stereocenters. The van der Waals surface area contributed by atoms with Gasteiger partial charge in [0.1, 0.15) is 6.54 Å². The van der Waals surface area contributed by atoms with Gasteiger partial charge in [0.05, 0.1) is 0 Å². The molecule has 0 saturated heterocycles. The summed E-state index contributed by atoms with van der Waals surface area (Å²) in [6, 6.07) is 5.93. The number of nitrogens with one attached hydrogen (secondary N) is 2. The fraction of sp³-hybridized carbons (Fsp3) is 0.609. The Labute approximate surface area is 190 Å². The molecule has 1 aromatic carbocycles. The zero-order valence-electron chi connectivity index (χ0n) is 17.8. The summed E-state index contributed by atoms with van der Waals surface area (Å²) in [5.74, 6) is -1.58. The lowest BCUT2D eigenvalue weighted by molar-refractivity contribution is -0.147. The van der Waals surface area contributed by atoms with Gasteiger partial charge < -0.3 is 15.4 Å². The van der Waals surface area contributed by atoms with E-state index in [0.29, 0.717) is 28.8 Å². The topological polar surface area (TPSA) is 84.5 Å². The van der Waals surface area contributed by atoms with Crippen molar-refractivity contribution >= 4 is 35.2 Å². The van der Waals surface area contributed by atoms with E-state index in [9.17, 15) is 23.2 Å². The second-order valence-electron chi connectivity index (χ2n) is 9.48. The first-order valence-corrected chi connectivity index (χ1v) is 11.9. The van der Waals surface area contributed by atoms with Crippen LogP contribution in [0, 0.1) is 23.2 Å². The van der Waals surface area contributed by atoms with Crippen LogP contribution in [0.1, 0.15) is 44.9 Å². The summed E-state index contributed by atoms with van der Waals surface area (Å²) < 4.78 is 29.6. The summed E-state index contributed by atoms with van der Waals surface area (Å²) in [4.78, 5) is 36.7. The summed E-state index contributed by atoms with van der Waals surface area (Å²) >= 11 is 0.415. The zero-order chi connectivity index (χ0) is 22.7. The molecular weight excluding hydrogens is 438 g/mol. The molecule has 1 aromatic rings. The minimum atomic E-state index is -2.51. The van der Waals surface area contributed by atoms with E-state index < -0.39 is 24.2 Å². The van der Waals surface area contributed by atoms with Crippen LogP contribution in [0.25, 0.3) is 0 Å². The molecule has 0 radical (unpaired) electrons. The van der Waals surface area contributed by atoms with Crippen LogP contribution in [0.5, 0.6) is 0 Å². The molecule has 0 aliphatic heterocycles. The SMILES string of the molecule is O=C(CC12CC3CC(CC(C3)C1)C2)NCC(=O)OCC(=O)Nc1ccc(SC(F)F)cc1. The number of hydrogen-bond acceptors (Lipinski definition) is 5. The van der Waals surface area contributed by atoms with Gasteiger partial charge in [0.15, 0.2) is 6.61 Å². The van der Waals surface area contributed by atoms with Gasteiger partial charge in [-0.2, -0.15) is 8.78 Å². The Morgan fingerprint density at radius 1 is 1.00 bits per heavy atom. The van der Waals surface area contributed by atoms with Crippen molar-refractivity contribution in [1.29, 1.82) is 0 Å². The molecule has 9 heteroatoms. The minimum absolute atomic E-state index is 0.103. The Balaban J connectivity index is 1.14. The standard InChI is InChI=1S/C23H28F2N2O4S/c24-22(25)32-18-3-1-17(2-4-18)27-20(29)13-31-21(30)12-26-19(28)11-23-8-14-5-15(9-23)7-16(6-14)10-23/h1-4,14-16,22H,5-13H2,(H,26,28)(H,27,29). The van der Waals surface area contributed by atoms with Gasteiger partial charge in [0.2, 0.25) is 5.91 Å². The minimum Gasteiger partial charge on any atom is -0.454 e. The lowest BCUT2D eigenvalue weighted by Gasteiger charge is -2.56. The number of alkyl halides is 2. The number of carbonyl (C=O) groups is 3. The Morgan fingerprint density at radius 2 is 1.59 bits per heavy atom. The Morgan fingerprint density at radius 3 is 2.16 bits per heavy atom. The summed E-state index contributed by atoms with van der Waals surface area (Å²) in [5.41, 5.74) is 0.514. The summed E-state index contributed by atoms with van der Waals surface area (Å²) in [5, 5.41) is 5.17. The van der Waals surface area contributed by atoms with Crippen LogP contribution >= 0.6 is 11.8 Å². The first-order valence-electron chi connectivity index (χ1n) is 11.1. The highest BCUT2D eigenvalue weighted by Crippen LogP contribution is 2.61. The van der Waals surface area contributed by atoms with E-state index in [1.807, 2.05) is 0 Å². The molecule has 4 saturated carbocycles. The van der Waals surface area contributed by atoms with Crippen LogP contribution in [0.2, 0.25) is 0 Å². The van der Waals surface area contributed by atoms with Crippen LogP contribution in [-0.4, -0.2) is 36.7 Å². The molecule has 4 aliphatic rings. The van der Waals surface area contributed by atoms with Crippen molar-refractivity contribution in [2.75, 3.05) is 18.5 Å². The first-order chi connectivity index (χ1) is 15.3. The number of rotatable bonds is 9. The molecule has 2 amide bonds. The fourth-order valence-electron chi connectivity index (χ4n) is 6.19. The Kier molecular flexibility index (Phi) is 7.02. The molecule has 2 N–H and O–H groups in total. The average molecular weight is 467 g/mol. The molecule has 4 aliphatic carbocycles. The maximum Gasteiger partial charge on any atom is 0.325 e. The van der Waals surface area contributed by atoms with E-state index in [4.69, 9.17) is 4.74 Å². The smallest absolute Gasteiger partial charge is 0.325 e. The lowest BCUT2D eigenvalue weighted by atomic mass is 9.49. The van der Waals surface area contributed by atoms with Gasteiger partial charge in [0.25, 0.3) is 11.7 Å². The lowest BCUT2D eigenvalue weighted by Crippen LogP contribution is -2.48. The molecule has 4 fully saturated rings. The number of hydrogen-bond donors (Lipinski definition) is 2. The van der Waals surface area contributed by atoms with E-state index >= 15 is 0 Å².